The van der Waals surface area contributed by atoms with Gasteiger partial charge in [-0.1, -0.05) is 5.16 Å². The van der Waals surface area contributed by atoms with Crippen LogP contribution in [-0.4, -0.2) is 16.0 Å². The van der Waals surface area contributed by atoms with E-state index in [4.69, 9.17) is 0 Å². The maximum atomic E-state index is 12.6. The molecule has 0 atom stereocenters. The molecule has 1 amide bonds. The van der Waals surface area contributed by atoms with E-state index in [0.717, 1.165) is 18.2 Å². The van der Waals surface area contributed by atoms with Crippen LogP contribution in [0.25, 0.3) is 0 Å². The van der Waals surface area contributed by atoms with Gasteiger partial charge in [-0.15, -0.1) is 0 Å². The number of halogens is 4. The van der Waals surface area contributed by atoms with Crippen LogP contribution in [0.2, 0.25) is 0 Å². The lowest BCUT2D eigenvalue weighted by atomic mass is 10.1. The summed E-state index contributed by atoms with van der Waals surface area (Å²) in [5.41, 5.74) is -1.11. The highest BCUT2D eigenvalue weighted by Crippen LogP contribution is 2.32. The molecule has 0 radical (unpaired) electrons. The standard InChI is InChI=1S/C11H7BrF3N3O2/c1-5-16-10(20-18-5)17-9(19)7-4-6(11(13,14)15)2-3-8(7)12/h2-4H,1H3,(H,16,17,18,19). The van der Waals surface area contributed by atoms with Crippen molar-refractivity contribution >= 4 is 27.9 Å². The number of anilines is 1. The van der Waals surface area contributed by atoms with Gasteiger partial charge in [-0.05, 0) is 41.1 Å². The number of carbonyl (C=O) groups is 1. The minimum atomic E-state index is -4.53. The van der Waals surface area contributed by atoms with Gasteiger partial charge in [0, 0.05) is 4.47 Å². The fourth-order valence-corrected chi connectivity index (χ4v) is 1.81. The monoisotopic (exact) mass is 349 g/mol. The Balaban J connectivity index is 2.29. The van der Waals surface area contributed by atoms with Crippen molar-refractivity contribution in [2.24, 2.45) is 0 Å². The number of hydrogen-bond acceptors (Lipinski definition) is 4. The molecule has 2 aromatic rings. The van der Waals surface area contributed by atoms with Crippen LogP contribution in [0.1, 0.15) is 21.7 Å². The highest BCUT2D eigenvalue weighted by atomic mass is 79.9. The first kappa shape index (κ1) is 14.5. The summed E-state index contributed by atoms with van der Waals surface area (Å²) in [6.45, 7) is 1.54. The van der Waals surface area contributed by atoms with Crippen LogP contribution < -0.4 is 5.32 Å². The molecular formula is C11H7BrF3N3O2. The number of benzene rings is 1. The number of nitrogens with one attached hydrogen (secondary N) is 1. The van der Waals surface area contributed by atoms with Crippen molar-refractivity contribution in [2.75, 3.05) is 5.32 Å². The molecule has 0 spiro atoms. The topological polar surface area (TPSA) is 68.0 Å². The number of rotatable bonds is 2. The van der Waals surface area contributed by atoms with E-state index < -0.39 is 17.6 Å². The van der Waals surface area contributed by atoms with E-state index in [1.807, 2.05) is 0 Å². The second-order valence-corrected chi connectivity index (χ2v) is 4.65. The minimum Gasteiger partial charge on any atom is -0.315 e. The Bertz CT molecular complexity index is 655. The molecule has 0 aliphatic carbocycles. The average molecular weight is 350 g/mol. The molecule has 1 N–H and O–H groups in total. The van der Waals surface area contributed by atoms with Crippen LogP contribution >= 0.6 is 15.9 Å². The number of aromatic nitrogens is 2. The minimum absolute atomic E-state index is 0.184. The summed E-state index contributed by atoms with van der Waals surface area (Å²) in [5, 5.41) is 5.67. The normalized spacial score (nSPS) is 11.4. The van der Waals surface area contributed by atoms with Crippen molar-refractivity contribution in [1.82, 2.24) is 10.1 Å². The maximum absolute atomic E-state index is 12.6. The number of aryl methyl sites for hydroxylation is 1. The summed E-state index contributed by atoms with van der Waals surface area (Å²) in [4.78, 5) is 15.6. The van der Waals surface area contributed by atoms with Gasteiger partial charge in [-0.3, -0.25) is 10.1 Å². The molecule has 1 aromatic heterocycles. The SMILES string of the molecule is Cc1noc(NC(=O)c2cc(C(F)(F)F)ccc2Br)n1. The molecule has 0 saturated heterocycles. The fourth-order valence-electron chi connectivity index (χ4n) is 1.39. The van der Waals surface area contributed by atoms with Gasteiger partial charge in [0.15, 0.2) is 5.82 Å². The summed E-state index contributed by atoms with van der Waals surface area (Å²) in [6, 6.07) is 2.58. The van der Waals surface area contributed by atoms with E-state index in [-0.39, 0.29) is 16.1 Å². The number of amides is 1. The number of nitrogens with zero attached hydrogens (tertiary/aromatic N) is 2. The first-order chi connectivity index (χ1) is 9.27. The molecule has 0 aliphatic heterocycles. The Morgan fingerprint density at radius 3 is 2.65 bits per heavy atom. The number of alkyl halides is 3. The van der Waals surface area contributed by atoms with Gasteiger partial charge in [-0.2, -0.15) is 18.2 Å². The summed E-state index contributed by atoms with van der Waals surface area (Å²) in [7, 11) is 0. The van der Waals surface area contributed by atoms with Crippen molar-refractivity contribution in [2.45, 2.75) is 13.1 Å². The largest absolute Gasteiger partial charge is 0.416 e. The average Bonchev–Trinajstić information content (AvgIpc) is 2.73. The van der Waals surface area contributed by atoms with E-state index in [9.17, 15) is 18.0 Å². The predicted octanol–water partition coefficient (Wildman–Crippen LogP) is 3.41. The molecule has 0 fully saturated rings. The van der Waals surface area contributed by atoms with Gasteiger partial charge in [0.25, 0.3) is 5.91 Å². The van der Waals surface area contributed by atoms with Gasteiger partial charge >= 0.3 is 12.2 Å². The van der Waals surface area contributed by atoms with Crippen molar-refractivity contribution in [1.29, 1.82) is 0 Å². The molecule has 106 valence electrons. The van der Waals surface area contributed by atoms with E-state index >= 15 is 0 Å². The molecule has 0 bridgehead atoms. The predicted molar refractivity (Wildman–Crippen MR) is 66.1 cm³/mol. The molecule has 1 aromatic carbocycles. The smallest absolute Gasteiger partial charge is 0.315 e. The molecule has 1 heterocycles. The lowest BCUT2D eigenvalue weighted by Crippen LogP contribution is -2.15. The number of hydrogen-bond donors (Lipinski definition) is 1. The van der Waals surface area contributed by atoms with Gasteiger partial charge < -0.3 is 4.52 Å². The Morgan fingerprint density at radius 1 is 1.40 bits per heavy atom. The van der Waals surface area contributed by atoms with E-state index in [0.29, 0.717) is 5.82 Å². The molecule has 0 saturated carbocycles. The lowest BCUT2D eigenvalue weighted by molar-refractivity contribution is -0.137. The van der Waals surface area contributed by atoms with Crippen LogP contribution in [0.15, 0.2) is 27.2 Å². The lowest BCUT2D eigenvalue weighted by Gasteiger charge is -2.09. The third kappa shape index (κ3) is 3.16. The second kappa shape index (κ2) is 5.23. The van der Waals surface area contributed by atoms with Crippen molar-refractivity contribution in [3.8, 4) is 0 Å². The van der Waals surface area contributed by atoms with Gasteiger partial charge in [0.2, 0.25) is 0 Å². The Hall–Kier alpha value is -1.90. The van der Waals surface area contributed by atoms with Gasteiger partial charge in [-0.25, -0.2) is 0 Å². The molecule has 0 aliphatic rings. The molecule has 2 rings (SSSR count). The summed E-state index contributed by atoms with van der Waals surface area (Å²) >= 11 is 3.02. The third-order valence-electron chi connectivity index (χ3n) is 2.29. The van der Waals surface area contributed by atoms with Gasteiger partial charge in [0.05, 0.1) is 11.1 Å². The maximum Gasteiger partial charge on any atom is 0.416 e. The first-order valence-electron chi connectivity index (χ1n) is 5.26. The molecule has 20 heavy (non-hydrogen) atoms. The quantitative estimate of drug-likeness (QED) is 0.901. The number of carbonyl (C=O) groups excluding carboxylic acids is 1. The zero-order chi connectivity index (χ0) is 14.9. The highest BCUT2D eigenvalue weighted by Gasteiger charge is 2.31. The van der Waals surface area contributed by atoms with Gasteiger partial charge in [0.1, 0.15) is 0 Å². The zero-order valence-corrected chi connectivity index (χ0v) is 11.5. The molecule has 0 unspecified atom stereocenters. The van der Waals surface area contributed by atoms with Crippen LogP contribution in [0.4, 0.5) is 19.2 Å². The first-order valence-corrected chi connectivity index (χ1v) is 6.05. The van der Waals surface area contributed by atoms with Crippen molar-refractivity contribution in [3.05, 3.63) is 39.6 Å². The summed E-state index contributed by atoms with van der Waals surface area (Å²) < 4.78 is 42.7. The molecule has 5 nitrogen and oxygen atoms in total. The van der Waals surface area contributed by atoms with E-state index in [2.05, 4.69) is 35.9 Å². The Labute approximate surface area is 119 Å². The Morgan fingerprint density at radius 2 is 2.10 bits per heavy atom. The van der Waals surface area contributed by atoms with Crippen molar-refractivity contribution in [3.63, 3.8) is 0 Å². The highest BCUT2D eigenvalue weighted by molar-refractivity contribution is 9.10. The van der Waals surface area contributed by atoms with E-state index in [1.165, 1.54) is 0 Å². The van der Waals surface area contributed by atoms with Crippen LogP contribution in [0.5, 0.6) is 0 Å². The second-order valence-electron chi connectivity index (χ2n) is 3.79. The summed E-state index contributed by atoms with van der Waals surface area (Å²) in [5.74, 6) is -0.491. The van der Waals surface area contributed by atoms with Crippen molar-refractivity contribution < 1.29 is 22.5 Å². The molecular weight excluding hydrogens is 343 g/mol. The van der Waals surface area contributed by atoms with Crippen LogP contribution in [-0.2, 0) is 6.18 Å². The zero-order valence-electron chi connectivity index (χ0n) is 9.95. The van der Waals surface area contributed by atoms with Crippen LogP contribution in [0, 0.1) is 6.92 Å². The fraction of sp³-hybridized carbons (Fsp3) is 0.182. The van der Waals surface area contributed by atoms with Crippen LogP contribution in [0.3, 0.4) is 0 Å². The Kier molecular flexibility index (Phi) is 3.80. The summed E-state index contributed by atoms with van der Waals surface area (Å²) in [6.07, 6.45) is -4.53. The van der Waals surface area contributed by atoms with E-state index in [1.54, 1.807) is 6.92 Å². The molecule has 9 heteroatoms. The third-order valence-corrected chi connectivity index (χ3v) is 2.98.